The summed E-state index contributed by atoms with van der Waals surface area (Å²) in [5.74, 6) is 1.40. The molecule has 7 nitrogen and oxygen atoms in total. The fraction of sp³-hybridized carbons (Fsp3) is 0.238. The number of hydrogen-bond donors (Lipinski definition) is 1. The van der Waals surface area contributed by atoms with Gasteiger partial charge in [-0.15, -0.1) is 10.2 Å². The molecule has 0 bridgehead atoms. The van der Waals surface area contributed by atoms with E-state index in [0.717, 1.165) is 17.4 Å². The van der Waals surface area contributed by atoms with E-state index in [1.54, 1.807) is 11.1 Å². The number of aromatic nitrogens is 3. The van der Waals surface area contributed by atoms with Crippen molar-refractivity contribution in [3.05, 3.63) is 70.6 Å². The molecule has 30 heavy (non-hydrogen) atoms. The normalized spacial score (nSPS) is 14.0. The van der Waals surface area contributed by atoms with E-state index in [0.29, 0.717) is 43.4 Å². The average molecular weight is 427 g/mol. The number of carbonyl (C=O) groups is 1. The SMILES string of the molecule is Cc1ccnc(Nc2ccc(N3CCN(C(=O)c4ccc(F)cc4Cl)CC3)nn2)c1. The highest BCUT2D eigenvalue weighted by Gasteiger charge is 2.24. The quantitative estimate of drug-likeness (QED) is 0.686. The molecule has 3 heterocycles. The lowest BCUT2D eigenvalue weighted by Crippen LogP contribution is -2.49. The van der Waals surface area contributed by atoms with Crippen molar-refractivity contribution < 1.29 is 9.18 Å². The Kier molecular flexibility index (Phi) is 5.76. The minimum Gasteiger partial charge on any atom is -0.352 e. The monoisotopic (exact) mass is 426 g/mol. The van der Waals surface area contributed by atoms with Gasteiger partial charge in [-0.3, -0.25) is 4.79 Å². The first-order valence-corrected chi connectivity index (χ1v) is 9.90. The predicted octanol–water partition coefficient (Wildman–Crippen LogP) is 3.68. The molecule has 1 amide bonds. The second kappa shape index (κ2) is 8.62. The predicted molar refractivity (Wildman–Crippen MR) is 114 cm³/mol. The van der Waals surface area contributed by atoms with E-state index in [4.69, 9.17) is 11.6 Å². The molecule has 0 atom stereocenters. The fourth-order valence-corrected chi connectivity index (χ4v) is 3.52. The van der Waals surface area contributed by atoms with Crippen LogP contribution in [0, 0.1) is 12.7 Å². The number of anilines is 3. The number of aryl methyl sites for hydroxylation is 1. The molecule has 0 aliphatic carbocycles. The molecule has 0 unspecified atom stereocenters. The van der Waals surface area contributed by atoms with Gasteiger partial charge >= 0.3 is 0 Å². The number of piperazine rings is 1. The highest BCUT2D eigenvalue weighted by Crippen LogP contribution is 2.21. The van der Waals surface area contributed by atoms with Crippen LogP contribution in [0.25, 0.3) is 0 Å². The van der Waals surface area contributed by atoms with Crippen LogP contribution in [0.1, 0.15) is 15.9 Å². The third kappa shape index (κ3) is 4.49. The smallest absolute Gasteiger partial charge is 0.255 e. The Morgan fingerprint density at radius 1 is 1.03 bits per heavy atom. The molecule has 1 aliphatic rings. The zero-order chi connectivity index (χ0) is 21.1. The number of benzene rings is 1. The third-order valence-electron chi connectivity index (χ3n) is 4.87. The molecule has 0 saturated carbocycles. The molecule has 4 rings (SSSR count). The number of nitrogens with zero attached hydrogens (tertiary/aromatic N) is 5. The van der Waals surface area contributed by atoms with Crippen LogP contribution in [0.2, 0.25) is 5.02 Å². The summed E-state index contributed by atoms with van der Waals surface area (Å²) < 4.78 is 13.2. The van der Waals surface area contributed by atoms with Crippen LogP contribution in [0.5, 0.6) is 0 Å². The van der Waals surface area contributed by atoms with Crippen molar-refractivity contribution in [3.63, 3.8) is 0 Å². The lowest BCUT2D eigenvalue weighted by atomic mass is 10.1. The van der Waals surface area contributed by atoms with Crippen LogP contribution >= 0.6 is 11.6 Å². The first-order valence-electron chi connectivity index (χ1n) is 9.52. The van der Waals surface area contributed by atoms with Crippen molar-refractivity contribution in [3.8, 4) is 0 Å². The molecule has 154 valence electrons. The highest BCUT2D eigenvalue weighted by atomic mass is 35.5. The van der Waals surface area contributed by atoms with Gasteiger partial charge in [0, 0.05) is 32.4 Å². The second-order valence-electron chi connectivity index (χ2n) is 7.02. The van der Waals surface area contributed by atoms with Crippen molar-refractivity contribution in [2.45, 2.75) is 6.92 Å². The van der Waals surface area contributed by atoms with Crippen molar-refractivity contribution in [2.24, 2.45) is 0 Å². The first-order chi connectivity index (χ1) is 14.5. The van der Waals surface area contributed by atoms with Gasteiger partial charge in [-0.25, -0.2) is 9.37 Å². The van der Waals surface area contributed by atoms with Crippen LogP contribution in [0.4, 0.5) is 21.8 Å². The van der Waals surface area contributed by atoms with E-state index in [-0.39, 0.29) is 10.9 Å². The molecule has 1 saturated heterocycles. The van der Waals surface area contributed by atoms with Gasteiger partial charge in [-0.2, -0.15) is 0 Å². The topological polar surface area (TPSA) is 74.2 Å². The van der Waals surface area contributed by atoms with Crippen LogP contribution in [0.3, 0.4) is 0 Å². The number of halogens is 2. The number of pyridine rings is 1. The Labute approximate surface area is 178 Å². The largest absolute Gasteiger partial charge is 0.352 e. The van der Waals surface area contributed by atoms with Gasteiger partial charge < -0.3 is 15.1 Å². The summed E-state index contributed by atoms with van der Waals surface area (Å²) >= 11 is 6.02. The molecular weight excluding hydrogens is 407 g/mol. The van der Waals surface area contributed by atoms with E-state index in [1.165, 1.54) is 12.1 Å². The van der Waals surface area contributed by atoms with Crippen LogP contribution in [-0.2, 0) is 0 Å². The number of carbonyl (C=O) groups excluding carboxylic acids is 1. The van der Waals surface area contributed by atoms with Crippen molar-refractivity contribution in [1.29, 1.82) is 0 Å². The van der Waals surface area contributed by atoms with Crippen LogP contribution in [0.15, 0.2) is 48.7 Å². The summed E-state index contributed by atoms with van der Waals surface area (Å²) in [4.78, 5) is 20.7. The van der Waals surface area contributed by atoms with Gasteiger partial charge in [0.25, 0.3) is 5.91 Å². The Morgan fingerprint density at radius 2 is 1.83 bits per heavy atom. The number of hydrogen-bond acceptors (Lipinski definition) is 6. The molecular formula is C21H20ClFN6O. The van der Waals surface area contributed by atoms with Gasteiger partial charge in [-0.1, -0.05) is 11.6 Å². The summed E-state index contributed by atoms with van der Waals surface area (Å²) in [5.41, 5.74) is 1.41. The van der Waals surface area contributed by atoms with E-state index >= 15 is 0 Å². The van der Waals surface area contributed by atoms with Gasteiger partial charge in [0.1, 0.15) is 11.6 Å². The number of rotatable bonds is 4. The standard InChI is InChI=1S/C21H20ClFN6O/c1-14-6-7-24-19(12-14)25-18-4-5-20(27-26-18)28-8-10-29(11-9-28)21(30)16-3-2-15(23)13-17(16)22/h2-7,12-13H,8-11H2,1H3,(H,24,25,26). The van der Waals surface area contributed by atoms with Crippen molar-refractivity contribution in [2.75, 3.05) is 36.4 Å². The van der Waals surface area contributed by atoms with E-state index in [9.17, 15) is 9.18 Å². The average Bonchev–Trinajstić information content (AvgIpc) is 2.74. The van der Waals surface area contributed by atoms with E-state index in [2.05, 4.69) is 25.4 Å². The van der Waals surface area contributed by atoms with Crippen molar-refractivity contribution in [1.82, 2.24) is 20.1 Å². The molecule has 1 fully saturated rings. The van der Waals surface area contributed by atoms with Gasteiger partial charge in [-0.05, 0) is 55.0 Å². The Morgan fingerprint density at radius 3 is 2.50 bits per heavy atom. The zero-order valence-electron chi connectivity index (χ0n) is 16.3. The fourth-order valence-electron chi connectivity index (χ4n) is 3.27. The third-order valence-corrected chi connectivity index (χ3v) is 5.19. The minimum atomic E-state index is -0.462. The summed E-state index contributed by atoms with van der Waals surface area (Å²) in [5, 5.41) is 11.8. The molecule has 0 radical (unpaired) electrons. The van der Waals surface area contributed by atoms with Crippen LogP contribution < -0.4 is 10.2 Å². The maximum absolute atomic E-state index is 13.2. The second-order valence-corrected chi connectivity index (χ2v) is 7.43. The first kappa shape index (κ1) is 20.0. The van der Waals surface area contributed by atoms with E-state index < -0.39 is 5.82 Å². The van der Waals surface area contributed by atoms with Gasteiger partial charge in [0.2, 0.25) is 0 Å². The molecule has 9 heteroatoms. The van der Waals surface area contributed by atoms with Crippen LogP contribution in [-0.4, -0.2) is 52.2 Å². The molecule has 2 aromatic heterocycles. The number of nitrogens with one attached hydrogen (secondary N) is 1. The minimum absolute atomic E-state index is 0.125. The Hall–Kier alpha value is -3.26. The molecule has 1 N–H and O–H groups in total. The molecule has 1 aliphatic heterocycles. The maximum Gasteiger partial charge on any atom is 0.255 e. The number of amides is 1. The van der Waals surface area contributed by atoms with E-state index in [1.807, 2.05) is 31.2 Å². The lowest BCUT2D eigenvalue weighted by molar-refractivity contribution is 0.0746. The molecule has 3 aromatic rings. The van der Waals surface area contributed by atoms with Gasteiger partial charge in [0.05, 0.1) is 10.6 Å². The van der Waals surface area contributed by atoms with Crippen molar-refractivity contribution >= 4 is 35.0 Å². The molecule has 1 aromatic carbocycles. The highest BCUT2D eigenvalue weighted by molar-refractivity contribution is 6.33. The summed E-state index contributed by atoms with van der Waals surface area (Å²) in [6, 6.07) is 11.4. The van der Waals surface area contributed by atoms with Gasteiger partial charge in [0.15, 0.2) is 11.6 Å². The Bertz CT molecular complexity index is 1050. The summed E-state index contributed by atoms with van der Waals surface area (Å²) in [7, 11) is 0. The molecule has 0 spiro atoms. The lowest BCUT2D eigenvalue weighted by Gasteiger charge is -2.35. The zero-order valence-corrected chi connectivity index (χ0v) is 17.1. The Balaban J connectivity index is 1.36. The maximum atomic E-state index is 13.2. The summed E-state index contributed by atoms with van der Waals surface area (Å²) in [6.07, 6.45) is 1.74. The summed E-state index contributed by atoms with van der Waals surface area (Å²) in [6.45, 7) is 4.26.